The van der Waals surface area contributed by atoms with Gasteiger partial charge in [-0.1, -0.05) is 12.1 Å². The van der Waals surface area contributed by atoms with Crippen molar-refractivity contribution in [2.45, 2.75) is 43.8 Å². The summed E-state index contributed by atoms with van der Waals surface area (Å²) in [6, 6.07) is 6.72. The summed E-state index contributed by atoms with van der Waals surface area (Å²) in [5, 5.41) is 0. The number of likely N-dealkylation sites (N-methyl/N-ethyl adjacent to an activating group) is 1. The Morgan fingerprint density at radius 2 is 1.71 bits per heavy atom. The lowest BCUT2D eigenvalue weighted by atomic mass is 9.79. The van der Waals surface area contributed by atoms with Crippen LogP contribution in [0.5, 0.6) is 0 Å². The molecule has 1 aliphatic heterocycles. The van der Waals surface area contributed by atoms with Gasteiger partial charge < -0.3 is 14.2 Å². The lowest BCUT2D eigenvalue weighted by Crippen LogP contribution is -2.41. The minimum absolute atomic E-state index is 0.216. The molecule has 1 N–H and O–H groups in total. The molecule has 1 fully saturated rings. The van der Waals surface area contributed by atoms with Gasteiger partial charge in [0.15, 0.2) is 0 Å². The molecule has 0 atom stereocenters. The Morgan fingerprint density at radius 3 is 2.25 bits per heavy atom. The quantitative estimate of drug-likeness (QED) is 0.767. The van der Waals surface area contributed by atoms with Crippen molar-refractivity contribution in [1.29, 1.82) is 0 Å². The molecule has 134 valence electrons. The van der Waals surface area contributed by atoms with Crippen LogP contribution in [-0.4, -0.2) is 58.8 Å². The number of benzene rings is 1. The molecule has 1 aliphatic rings. The highest BCUT2D eigenvalue weighted by atomic mass is 32.2. The summed E-state index contributed by atoms with van der Waals surface area (Å²) in [5.74, 6) is 0. The van der Waals surface area contributed by atoms with E-state index in [1.54, 1.807) is 18.2 Å². The van der Waals surface area contributed by atoms with Crippen LogP contribution in [0.15, 0.2) is 29.2 Å². The predicted octanol–water partition coefficient (Wildman–Crippen LogP) is 0.826. The number of hydrogen-bond donors (Lipinski definition) is 1. The third-order valence-corrected chi connectivity index (χ3v) is 6.00. The lowest BCUT2D eigenvalue weighted by molar-refractivity contribution is 0.00578. The van der Waals surface area contributed by atoms with Crippen LogP contribution in [0.1, 0.15) is 27.7 Å². The van der Waals surface area contributed by atoms with Gasteiger partial charge in [-0.25, -0.2) is 13.1 Å². The third kappa shape index (κ3) is 4.18. The van der Waals surface area contributed by atoms with E-state index in [4.69, 9.17) is 9.31 Å². The van der Waals surface area contributed by atoms with Crippen LogP contribution in [0.4, 0.5) is 0 Å². The largest absolute Gasteiger partial charge is 0.494 e. The summed E-state index contributed by atoms with van der Waals surface area (Å²) < 4.78 is 39.4. The first-order chi connectivity index (χ1) is 10.9. The topological polar surface area (TPSA) is 67.9 Å². The van der Waals surface area contributed by atoms with E-state index >= 15 is 0 Å². The van der Waals surface area contributed by atoms with Crippen molar-refractivity contribution in [1.82, 2.24) is 9.62 Å². The highest BCUT2D eigenvalue weighted by molar-refractivity contribution is 7.89. The maximum atomic E-state index is 12.4. The van der Waals surface area contributed by atoms with E-state index in [0.29, 0.717) is 18.6 Å². The van der Waals surface area contributed by atoms with Crippen molar-refractivity contribution in [3.63, 3.8) is 0 Å². The molecule has 1 saturated heterocycles. The second kappa shape index (κ2) is 6.76. The lowest BCUT2D eigenvalue weighted by Gasteiger charge is -2.32. The molecular formula is C16H27BN2O4S. The van der Waals surface area contributed by atoms with Gasteiger partial charge in [0.05, 0.1) is 16.1 Å². The molecule has 0 unspecified atom stereocenters. The van der Waals surface area contributed by atoms with Crippen molar-refractivity contribution in [2.24, 2.45) is 0 Å². The molecule has 1 heterocycles. The highest BCUT2D eigenvalue weighted by Gasteiger charge is 2.51. The van der Waals surface area contributed by atoms with Crippen LogP contribution >= 0.6 is 0 Å². The van der Waals surface area contributed by atoms with Crippen molar-refractivity contribution in [3.05, 3.63) is 24.3 Å². The van der Waals surface area contributed by atoms with Crippen LogP contribution < -0.4 is 10.2 Å². The van der Waals surface area contributed by atoms with Gasteiger partial charge in [-0.05, 0) is 59.4 Å². The summed E-state index contributed by atoms with van der Waals surface area (Å²) in [7, 11) is -0.338. The molecule has 0 radical (unpaired) electrons. The summed E-state index contributed by atoms with van der Waals surface area (Å²) in [6.07, 6.45) is 0. The molecule has 24 heavy (non-hydrogen) atoms. The smallest absolute Gasteiger partial charge is 0.399 e. The fourth-order valence-corrected chi connectivity index (χ4v) is 3.37. The second-order valence-corrected chi connectivity index (χ2v) is 9.13. The monoisotopic (exact) mass is 354 g/mol. The maximum absolute atomic E-state index is 12.4. The van der Waals surface area contributed by atoms with E-state index < -0.39 is 28.3 Å². The predicted molar refractivity (Wildman–Crippen MR) is 95.9 cm³/mol. The van der Waals surface area contributed by atoms with Crippen molar-refractivity contribution < 1.29 is 17.7 Å². The van der Waals surface area contributed by atoms with E-state index in [0.717, 1.165) is 0 Å². The van der Waals surface area contributed by atoms with Crippen molar-refractivity contribution >= 4 is 22.6 Å². The Kier molecular flexibility index (Phi) is 5.47. The Balaban J connectivity index is 2.18. The van der Waals surface area contributed by atoms with Crippen molar-refractivity contribution in [3.8, 4) is 0 Å². The Labute approximate surface area is 145 Å². The van der Waals surface area contributed by atoms with Gasteiger partial charge in [-0.2, -0.15) is 0 Å². The van der Waals surface area contributed by atoms with E-state index in [1.807, 2.05) is 52.8 Å². The molecule has 0 aliphatic carbocycles. The van der Waals surface area contributed by atoms with Gasteiger partial charge in [-0.3, -0.25) is 0 Å². The second-order valence-electron chi connectivity index (χ2n) is 7.36. The molecule has 1 aromatic rings. The van der Waals surface area contributed by atoms with Crippen LogP contribution in [0.2, 0.25) is 0 Å². The van der Waals surface area contributed by atoms with Gasteiger partial charge >= 0.3 is 7.12 Å². The first-order valence-electron chi connectivity index (χ1n) is 8.05. The zero-order valence-electron chi connectivity index (χ0n) is 15.3. The fraction of sp³-hybridized carbons (Fsp3) is 0.625. The average molecular weight is 354 g/mol. The van der Waals surface area contributed by atoms with E-state index in [2.05, 4.69) is 4.72 Å². The van der Waals surface area contributed by atoms with Gasteiger partial charge in [0.2, 0.25) is 10.0 Å². The fourth-order valence-electron chi connectivity index (χ4n) is 2.29. The zero-order valence-corrected chi connectivity index (χ0v) is 16.1. The molecular weight excluding hydrogens is 327 g/mol. The average Bonchev–Trinajstić information content (AvgIpc) is 2.67. The normalized spacial score (nSPS) is 19.9. The minimum Gasteiger partial charge on any atom is -0.399 e. The van der Waals surface area contributed by atoms with Gasteiger partial charge in [0, 0.05) is 13.1 Å². The SMILES string of the molecule is CN(C)CCNS(=O)(=O)c1cccc(B2OC(C)(C)C(C)(C)O2)c1. The summed E-state index contributed by atoms with van der Waals surface area (Å²) >= 11 is 0. The van der Waals surface area contributed by atoms with Crippen LogP contribution in [-0.2, 0) is 19.3 Å². The van der Waals surface area contributed by atoms with E-state index in [9.17, 15) is 8.42 Å². The molecule has 0 spiro atoms. The minimum atomic E-state index is -3.55. The first kappa shape index (κ1) is 19.4. The van der Waals surface area contributed by atoms with Crippen LogP contribution in [0, 0.1) is 0 Å². The molecule has 0 bridgehead atoms. The van der Waals surface area contributed by atoms with Crippen LogP contribution in [0.25, 0.3) is 0 Å². The van der Waals surface area contributed by atoms with Gasteiger partial charge in [0.25, 0.3) is 0 Å². The molecule has 0 amide bonds. The van der Waals surface area contributed by atoms with Crippen LogP contribution in [0.3, 0.4) is 0 Å². The van der Waals surface area contributed by atoms with E-state index in [1.165, 1.54) is 0 Å². The number of nitrogens with zero attached hydrogens (tertiary/aromatic N) is 1. The van der Waals surface area contributed by atoms with Gasteiger partial charge in [-0.15, -0.1) is 0 Å². The number of hydrogen-bond acceptors (Lipinski definition) is 5. The molecule has 0 saturated carbocycles. The van der Waals surface area contributed by atoms with Crippen molar-refractivity contribution in [2.75, 3.05) is 27.2 Å². The summed E-state index contributed by atoms with van der Waals surface area (Å²) in [6.45, 7) is 8.87. The zero-order chi connectivity index (χ0) is 18.2. The summed E-state index contributed by atoms with van der Waals surface area (Å²) in [4.78, 5) is 2.14. The highest BCUT2D eigenvalue weighted by Crippen LogP contribution is 2.36. The molecule has 2 rings (SSSR count). The molecule has 6 nitrogen and oxygen atoms in total. The van der Waals surface area contributed by atoms with Gasteiger partial charge in [0.1, 0.15) is 0 Å². The first-order valence-corrected chi connectivity index (χ1v) is 9.53. The third-order valence-electron chi connectivity index (χ3n) is 4.54. The molecule has 8 heteroatoms. The van der Waals surface area contributed by atoms with E-state index in [-0.39, 0.29) is 4.90 Å². The molecule has 1 aromatic carbocycles. The molecule has 0 aromatic heterocycles. The number of rotatable bonds is 6. The summed E-state index contributed by atoms with van der Waals surface area (Å²) in [5.41, 5.74) is -0.225. The number of sulfonamides is 1. The Morgan fingerprint density at radius 1 is 1.12 bits per heavy atom. The Hall–Kier alpha value is -0.925. The number of nitrogens with one attached hydrogen (secondary N) is 1. The maximum Gasteiger partial charge on any atom is 0.494 e. The standard InChI is InChI=1S/C16H27BN2O4S/c1-15(2)16(3,4)23-17(22-15)13-8-7-9-14(12-13)24(20,21)18-10-11-19(5)6/h7-9,12,18H,10-11H2,1-6H3. The Bertz CT molecular complexity index is 673.